The van der Waals surface area contributed by atoms with Gasteiger partial charge < -0.3 is 9.80 Å². The van der Waals surface area contributed by atoms with E-state index in [1.165, 1.54) is 16.0 Å². The third-order valence-corrected chi connectivity index (χ3v) is 6.78. The van der Waals surface area contributed by atoms with E-state index in [1.807, 2.05) is 23.1 Å². The van der Waals surface area contributed by atoms with Crippen molar-refractivity contribution in [2.24, 2.45) is 0 Å². The van der Waals surface area contributed by atoms with Gasteiger partial charge >= 0.3 is 0 Å². The predicted octanol–water partition coefficient (Wildman–Crippen LogP) is 4.17. The first-order valence-electron chi connectivity index (χ1n) is 9.92. The van der Waals surface area contributed by atoms with Crippen molar-refractivity contribution in [3.05, 3.63) is 52.2 Å². The summed E-state index contributed by atoms with van der Waals surface area (Å²) in [4.78, 5) is 28.5. The monoisotopic (exact) mass is 428 g/mol. The molecule has 0 N–H and O–H groups in total. The number of carbonyl (C=O) groups is 1. The van der Waals surface area contributed by atoms with Crippen molar-refractivity contribution >= 4 is 44.9 Å². The lowest BCUT2D eigenvalue weighted by molar-refractivity contribution is -0.130. The minimum absolute atomic E-state index is 0.00600. The van der Waals surface area contributed by atoms with Gasteiger partial charge in [0.05, 0.1) is 5.39 Å². The highest BCUT2D eigenvalue weighted by Crippen LogP contribution is 2.35. The van der Waals surface area contributed by atoms with Gasteiger partial charge in [0.25, 0.3) is 0 Å². The van der Waals surface area contributed by atoms with Crippen molar-refractivity contribution in [2.45, 2.75) is 32.6 Å². The largest absolute Gasteiger partial charge is 0.352 e. The lowest BCUT2D eigenvalue weighted by Crippen LogP contribution is -2.50. The van der Waals surface area contributed by atoms with Crippen LogP contribution in [0.4, 0.5) is 5.82 Å². The summed E-state index contributed by atoms with van der Waals surface area (Å²) >= 11 is 7.72. The van der Waals surface area contributed by atoms with Crippen LogP contribution in [0.1, 0.15) is 28.8 Å². The lowest BCUT2D eigenvalue weighted by atomic mass is 10.1. The summed E-state index contributed by atoms with van der Waals surface area (Å²) in [7, 11) is 0. The first-order valence-corrected chi connectivity index (χ1v) is 11.2. The summed E-state index contributed by atoms with van der Waals surface area (Å²) in [5.41, 5.74) is 2.45. The second-order valence-corrected chi connectivity index (χ2v) is 9.38. The van der Waals surface area contributed by atoms with Crippen molar-refractivity contribution in [3.63, 3.8) is 0 Å². The number of piperazine rings is 1. The molecule has 0 unspecified atom stereocenters. The van der Waals surface area contributed by atoms with E-state index in [4.69, 9.17) is 21.6 Å². The Hall–Kier alpha value is -2.18. The van der Waals surface area contributed by atoms with Crippen LogP contribution in [0.15, 0.2) is 30.3 Å². The molecular weight excluding hydrogens is 404 g/mol. The van der Waals surface area contributed by atoms with E-state index < -0.39 is 5.38 Å². The highest BCUT2D eigenvalue weighted by atomic mass is 35.5. The van der Waals surface area contributed by atoms with E-state index in [1.54, 1.807) is 18.3 Å². The summed E-state index contributed by atoms with van der Waals surface area (Å²) in [6.45, 7) is 8.85. The second-order valence-electron chi connectivity index (χ2n) is 7.52. The Labute approximate surface area is 180 Å². The highest BCUT2D eigenvalue weighted by molar-refractivity contribution is 7.18. The maximum absolute atomic E-state index is 12.2. The zero-order valence-electron chi connectivity index (χ0n) is 17.0. The van der Waals surface area contributed by atoms with E-state index in [-0.39, 0.29) is 5.91 Å². The van der Waals surface area contributed by atoms with Gasteiger partial charge in [-0.1, -0.05) is 30.3 Å². The SMILES string of the molecule is Cc1sc2nc(Cc3ccccc3)nc(N3CCN(C(=O)[C@@H](C)Cl)CC3)c2c1C. The maximum atomic E-state index is 12.2. The molecule has 5 nitrogen and oxygen atoms in total. The first-order chi connectivity index (χ1) is 13.9. The molecule has 1 fully saturated rings. The van der Waals surface area contributed by atoms with E-state index in [0.717, 1.165) is 34.9 Å². The van der Waals surface area contributed by atoms with E-state index in [2.05, 4.69) is 30.9 Å². The molecule has 152 valence electrons. The molecular formula is C22H25ClN4OS. The Kier molecular flexibility index (Phi) is 5.74. The van der Waals surface area contributed by atoms with Crippen LogP contribution in [0.2, 0.25) is 0 Å². The van der Waals surface area contributed by atoms with E-state index in [9.17, 15) is 4.79 Å². The molecule has 2 aromatic heterocycles. The Bertz CT molecular complexity index is 1030. The lowest BCUT2D eigenvalue weighted by Gasteiger charge is -2.36. The Morgan fingerprint density at radius 1 is 1.14 bits per heavy atom. The standard InChI is InChI=1S/C22H25ClN4OS/c1-14-16(3)29-21-19(14)20(24-18(25-21)13-17-7-5-4-6-8-17)26-9-11-27(12-10-26)22(28)15(2)23/h4-8,15H,9-13H2,1-3H3/t15-/m1/s1. The van der Waals surface area contributed by atoms with Gasteiger partial charge in [-0.2, -0.15) is 0 Å². The first kappa shape index (κ1) is 20.1. The van der Waals surface area contributed by atoms with E-state index >= 15 is 0 Å². The summed E-state index contributed by atoms with van der Waals surface area (Å²) < 4.78 is 0. The second kappa shape index (κ2) is 8.28. The number of hydrogen-bond acceptors (Lipinski definition) is 5. The number of fused-ring (bicyclic) bond motifs is 1. The fourth-order valence-electron chi connectivity index (χ4n) is 3.75. The highest BCUT2D eigenvalue weighted by Gasteiger charge is 2.27. The molecule has 1 amide bonds. The summed E-state index contributed by atoms with van der Waals surface area (Å²) in [5.74, 6) is 1.84. The zero-order valence-corrected chi connectivity index (χ0v) is 18.6. The normalized spacial score (nSPS) is 15.7. The van der Waals surface area contributed by atoms with Crippen LogP contribution in [0, 0.1) is 13.8 Å². The summed E-state index contributed by atoms with van der Waals surface area (Å²) in [6.07, 6.45) is 0.710. The molecule has 4 rings (SSSR count). The van der Waals surface area contributed by atoms with Crippen molar-refractivity contribution in [1.82, 2.24) is 14.9 Å². The quantitative estimate of drug-likeness (QED) is 0.585. The van der Waals surface area contributed by atoms with Gasteiger partial charge in [0.15, 0.2) is 0 Å². The van der Waals surface area contributed by atoms with Gasteiger partial charge in [0.2, 0.25) is 5.91 Å². The minimum atomic E-state index is -0.480. The zero-order chi connectivity index (χ0) is 20.5. The third kappa shape index (κ3) is 4.09. The molecule has 1 atom stereocenters. The Morgan fingerprint density at radius 3 is 2.48 bits per heavy atom. The average molecular weight is 429 g/mol. The number of halogens is 1. The van der Waals surface area contributed by atoms with Crippen LogP contribution in [-0.2, 0) is 11.2 Å². The average Bonchev–Trinajstić information content (AvgIpc) is 3.01. The van der Waals surface area contributed by atoms with Gasteiger partial charge in [-0.3, -0.25) is 4.79 Å². The number of rotatable bonds is 4. The van der Waals surface area contributed by atoms with Crippen molar-refractivity contribution in [1.29, 1.82) is 0 Å². The van der Waals surface area contributed by atoms with E-state index in [0.29, 0.717) is 19.5 Å². The number of aromatic nitrogens is 2. The van der Waals surface area contributed by atoms with Crippen LogP contribution in [0.5, 0.6) is 0 Å². The minimum Gasteiger partial charge on any atom is -0.352 e. The third-order valence-electron chi connectivity index (χ3n) is 5.49. The Morgan fingerprint density at radius 2 is 1.83 bits per heavy atom. The molecule has 1 aliphatic heterocycles. The molecule has 3 aromatic rings. The molecule has 0 bridgehead atoms. The van der Waals surface area contributed by atoms with Crippen LogP contribution >= 0.6 is 22.9 Å². The number of hydrogen-bond donors (Lipinski definition) is 0. The van der Waals surface area contributed by atoms with Crippen LogP contribution in [0.3, 0.4) is 0 Å². The fourth-order valence-corrected chi connectivity index (χ4v) is 4.93. The molecule has 0 aliphatic carbocycles. The van der Waals surface area contributed by atoms with Gasteiger partial charge in [0, 0.05) is 37.5 Å². The van der Waals surface area contributed by atoms with Gasteiger partial charge in [-0.25, -0.2) is 9.97 Å². The topological polar surface area (TPSA) is 49.3 Å². The molecule has 0 saturated carbocycles. The van der Waals surface area contributed by atoms with Crippen molar-refractivity contribution < 1.29 is 4.79 Å². The molecule has 1 aliphatic rings. The predicted molar refractivity (Wildman–Crippen MR) is 120 cm³/mol. The molecule has 7 heteroatoms. The number of benzene rings is 1. The number of amides is 1. The van der Waals surface area contributed by atoms with Gasteiger partial charge in [-0.15, -0.1) is 22.9 Å². The molecule has 0 radical (unpaired) electrons. The summed E-state index contributed by atoms with van der Waals surface area (Å²) in [5, 5.41) is 0.668. The number of aryl methyl sites for hydroxylation is 2. The summed E-state index contributed by atoms with van der Waals surface area (Å²) in [6, 6.07) is 10.3. The number of thiophene rings is 1. The van der Waals surface area contributed by atoms with Crippen LogP contribution in [0.25, 0.3) is 10.2 Å². The van der Waals surface area contributed by atoms with Gasteiger partial charge in [0.1, 0.15) is 21.8 Å². The van der Waals surface area contributed by atoms with Crippen LogP contribution in [-0.4, -0.2) is 52.3 Å². The number of alkyl halides is 1. The van der Waals surface area contributed by atoms with Crippen molar-refractivity contribution in [3.8, 4) is 0 Å². The molecule has 1 saturated heterocycles. The molecule has 1 aromatic carbocycles. The van der Waals surface area contributed by atoms with Crippen LogP contribution < -0.4 is 4.90 Å². The number of carbonyl (C=O) groups excluding carboxylic acids is 1. The number of anilines is 1. The Balaban J connectivity index is 1.66. The fraction of sp³-hybridized carbons (Fsp3) is 0.409. The maximum Gasteiger partial charge on any atom is 0.240 e. The number of nitrogens with zero attached hydrogens (tertiary/aromatic N) is 4. The smallest absolute Gasteiger partial charge is 0.240 e. The van der Waals surface area contributed by atoms with Crippen molar-refractivity contribution in [2.75, 3.05) is 31.1 Å². The molecule has 29 heavy (non-hydrogen) atoms. The van der Waals surface area contributed by atoms with Gasteiger partial charge in [-0.05, 0) is 31.9 Å². The molecule has 3 heterocycles. The molecule has 0 spiro atoms.